The number of hydrogen-bond donors (Lipinski definition) is 1. The third kappa shape index (κ3) is 4.12. The quantitative estimate of drug-likeness (QED) is 0.721. The largest absolute Gasteiger partial charge is 0.497 e. The summed E-state index contributed by atoms with van der Waals surface area (Å²) < 4.78 is 5.18. The molecule has 3 saturated heterocycles. The first kappa shape index (κ1) is 20.5. The van der Waals surface area contributed by atoms with Crippen LogP contribution in [0.25, 0.3) is 0 Å². The van der Waals surface area contributed by atoms with Gasteiger partial charge in [0.15, 0.2) is 0 Å². The maximum Gasteiger partial charge on any atom is 0.325 e. The van der Waals surface area contributed by atoms with Crippen molar-refractivity contribution in [3.8, 4) is 5.75 Å². The normalized spacial score (nSPS) is 28.8. The van der Waals surface area contributed by atoms with Gasteiger partial charge in [0.1, 0.15) is 11.3 Å². The van der Waals surface area contributed by atoms with Crippen LogP contribution in [0.4, 0.5) is 4.79 Å². The lowest BCUT2D eigenvalue weighted by molar-refractivity contribution is -0.133. The zero-order valence-corrected chi connectivity index (χ0v) is 18.2. The van der Waals surface area contributed by atoms with E-state index in [-0.39, 0.29) is 17.9 Å². The van der Waals surface area contributed by atoms with Crippen LogP contribution in [0, 0.1) is 5.92 Å². The molecule has 3 amide bonds. The first-order valence-electron chi connectivity index (χ1n) is 10.6. The highest BCUT2D eigenvalue weighted by Gasteiger charge is 2.52. The highest BCUT2D eigenvalue weighted by Crippen LogP contribution is 2.35. The first-order chi connectivity index (χ1) is 14.0. The van der Waals surface area contributed by atoms with E-state index in [9.17, 15) is 9.59 Å². The molecule has 3 heterocycles. The summed E-state index contributed by atoms with van der Waals surface area (Å²) in [6, 6.07) is 8.22. The smallest absolute Gasteiger partial charge is 0.325 e. The summed E-state index contributed by atoms with van der Waals surface area (Å²) in [6.07, 6.45) is 3.87. The fourth-order valence-corrected chi connectivity index (χ4v) is 6.14. The number of hydrogen-bond acceptors (Lipinski definition) is 5. The van der Waals surface area contributed by atoms with Crippen molar-refractivity contribution in [2.45, 2.75) is 44.2 Å². The van der Waals surface area contributed by atoms with Gasteiger partial charge in [-0.05, 0) is 75.1 Å². The summed E-state index contributed by atoms with van der Waals surface area (Å²) in [7, 11) is 1.64. The summed E-state index contributed by atoms with van der Waals surface area (Å²) in [6.45, 7) is 4.39. The van der Waals surface area contributed by atoms with Crippen LogP contribution in [0.3, 0.4) is 0 Å². The lowest BCUT2D eigenvalue weighted by atomic mass is 9.78. The number of carbonyl (C=O) groups excluding carboxylic acids is 2. The summed E-state index contributed by atoms with van der Waals surface area (Å²) in [5, 5.41) is 3.03. The molecule has 7 heteroatoms. The van der Waals surface area contributed by atoms with Crippen LogP contribution in [-0.2, 0) is 11.2 Å². The van der Waals surface area contributed by atoms with Crippen LogP contribution < -0.4 is 10.1 Å². The fourth-order valence-electron chi connectivity index (χ4n) is 4.88. The number of carbonyl (C=O) groups is 2. The molecule has 1 aromatic carbocycles. The van der Waals surface area contributed by atoms with Crippen molar-refractivity contribution in [3.63, 3.8) is 0 Å². The molecule has 1 N–H and O–H groups in total. The second kappa shape index (κ2) is 8.56. The molecule has 3 aliphatic heterocycles. The van der Waals surface area contributed by atoms with Gasteiger partial charge in [0.2, 0.25) is 0 Å². The molecule has 0 unspecified atom stereocenters. The highest BCUT2D eigenvalue weighted by molar-refractivity contribution is 7.99. The average molecular weight is 418 g/mol. The topological polar surface area (TPSA) is 61.9 Å². The number of benzene rings is 1. The van der Waals surface area contributed by atoms with Gasteiger partial charge in [-0.15, -0.1) is 0 Å². The van der Waals surface area contributed by atoms with E-state index in [1.54, 1.807) is 7.11 Å². The van der Waals surface area contributed by atoms with E-state index in [0.29, 0.717) is 19.0 Å². The van der Waals surface area contributed by atoms with Crippen LogP contribution >= 0.6 is 11.8 Å². The summed E-state index contributed by atoms with van der Waals surface area (Å²) in [5.74, 6) is 3.44. The molecule has 1 aromatic rings. The number of rotatable bonds is 6. The van der Waals surface area contributed by atoms with Gasteiger partial charge >= 0.3 is 6.03 Å². The van der Waals surface area contributed by atoms with Crippen LogP contribution in [0.2, 0.25) is 0 Å². The lowest BCUT2D eigenvalue weighted by Crippen LogP contribution is -2.55. The molecule has 0 aliphatic carbocycles. The van der Waals surface area contributed by atoms with Gasteiger partial charge in [0, 0.05) is 18.3 Å². The summed E-state index contributed by atoms with van der Waals surface area (Å²) in [4.78, 5) is 29.8. The van der Waals surface area contributed by atoms with Crippen molar-refractivity contribution in [2.75, 3.05) is 38.2 Å². The molecular weight excluding hydrogens is 386 g/mol. The molecule has 0 spiro atoms. The molecule has 158 valence electrons. The van der Waals surface area contributed by atoms with Gasteiger partial charge in [-0.3, -0.25) is 14.6 Å². The second-order valence-corrected chi connectivity index (χ2v) is 9.66. The average Bonchev–Trinajstić information content (AvgIpc) is 3.35. The van der Waals surface area contributed by atoms with Gasteiger partial charge in [0.05, 0.1) is 7.11 Å². The molecule has 6 nitrogen and oxygen atoms in total. The second-order valence-electron chi connectivity index (χ2n) is 8.52. The van der Waals surface area contributed by atoms with Crippen molar-refractivity contribution >= 4 is 23.7 Å². The third-order valence-corrected chi connectivity index (χ3v) is 8.00. The Morgan fingerprint density at radius 3 is 2.52 bits per heavy atom. The van der Waals surface area contributed by atoms with Gasteiger partial charge in [0.25, 0.3) is 5.91 Å². The van der Waals surface area contributed by atoms with E-state index in [1.807, 2.05) is 43.0 Å². The van der Waals surface area contributed by atoms with Gasteiger partial charge in [-0.25, -0.2) is 4.79 Å². The van der Waals surface area contributed by atoms with Crippen LogP contribution in [0.15, 0.2) is 24.3 Å². The number of piperidine rings is 1. The van der Waals surface area contributed by atoms with E-state index in [4.69, 9.17) is 4.74 Å². The number of nitrogens with one attached hydrogen (secondary N) is 1. The zero-order valence-electron chi connectivity index (χ0n) is 17.4. The van der Waals surface area contributed by atoms with Gasteiger partial charge in [-0.2, -0.15) is 11.8 Å². The molecule has 3 fully saturated rings. The Bertz CT molecular complexity index is 742. The minimum absolute atomic E-state index is 0.0640. The maximum atomic E-state index is 13.2. The SMILES string of the molecule is COc1ccc(CCN2C(=O)N[C@@](C)(C3CCN([C@H]4CCSC4)CC3)C2=O)cc1. The lowest BCUT2D eigenvalue weighted by Gasteiger charge is -2.41. The minimum Gasteiger partial charge on any atom is -0.497 e. The van der Waals surface area contributed by atoms with E-state index in [2.05, 4.69) is 10.2 Å². The number of urea groups is 1. The molecule has 0 radical (unpaired) electrons. The minimum atomic E-state index is -0.770. The number of imide groups is 1. The van der Waals surface area contributed by atoms with Gasteiger partial charge < -0.3 is 10.1 Å². The molecule has 4 rings (SSSR count). The van der Waals surface area contributed by atoms with Gasteiger partial charge in [-0.1, -0.05) is 12.1 Å². The Labute approximate surface area is 177 Å². The predicted octanol–water partition coefficient (Wildman–Crippen LogP) is 2.77. The Morgan fingerprint density at radius 2 is 1.90 bits per heavy atom. The Balaban J connectivity index is 1.35. The Morgan fingerprint density at radius 1 is 1.17 bits per heavy atom. The summed E-state index contributed by atoms with van der Waals surface area (Å²) in [5.41, 5.74) is 0.316. The standard InChI is InChI=1S/C22H31N3O3S/c1-22(17-8-11-24(12-9-17)18-10-14-29-15-18)20(26)25(21(27)23-22)13-7-16-3-5-19(28-2)6-4-16/h3-6,17-18H,7-15H2,1-2H3,(H,23,27)/t18-,22-/m0/s1. The highest BCUT2D eigenvalue weighted by atomic mass is 32.2. The van der Waals surface area contributed by atoms with Crippen molar-refractivity contribution in [2.24, 2.45) is 5.92 Å². The van der Waals surface area contributed by atoms with Crippen LogP contribution in [0.1, 0.15) is 31.7 Å². The Kier molecular flexibility index (Phi) is 6.06. The fraction of sp³-hybridized carbons (Fsp3) is 0.636. The van der Waals surface area contributed by atoms with E-state index in [1.165, 1.54) is 22.8 Å². The predicted molar refractivity (Wildman–Crippen MR) is 115 cm³/mol. The van der Waals surface area contributed by atoms with E-state index >= 15 is 0 Å². The van der Waals surface area contributed by atoms with Crippen molar-refractivity contribution < 1.29 is 14.3 Å². The van der Waals surface area contributed by atoms with Crippen LogP contribution in [-0.4, -0.2) is 71.6 Å². The maximum absolute atomic E-state index is 13.2. The number of methoxy groups -OCH3 is 1. The van der Waals surface area contributed by atoms with Crippen LogP contribution in [0.5, 0.6) is 5.75 Å². The first-order valence-corrected chi connectivity index (χ1v) is 11.8. The number of thioether (sulfide) groups is 1. The third-order valence-electron chi connectivity index (χ3n) is 6.85. The number of ether oxygens (including phenoxy) is 1. The molecule has 29 heavy (non-hydrogen) atoms. The molecule has 0 saturated carbocycles. The van der Waals surface area contributed by atoms with Crippen molar-refractivity contribution in [3.05, 3.63) is 29.8 Å². The molecule has 0 bridgehead atoms. The van der Waals surface area contributed by atoms with Crippen molar-refractivity contribution in [1.29, 1.82) is 0 Å². The monoisotopic (exact) mass is 417 g/mol. The molecule has 2 atom stereocenters. The van der Waals surface area contributed by atoms with Crippen molar-refractivity contribution in [1.82, 2.24) is 15.1 Å². The molecule has 3 aliphatic rings. The molecule has 0 aromatic heterocycles. The zero-order chi connectivity index (χ0) is 20.4. The van der Waals surface area contributed by atoms with E-state index in [0.717, 1.165) is 37.2 Å². The summed E-state index contributed by atoms with van der Waals surface area (Å²) >= 11 is 2.04. The van der Waals surface area contributed by atoms with E-state index < -0.39 is 5.54 Å². The number of likely N-dealkylation sites (tertiary alicyclic amines) is 1. The number of amides is 3. The number of nitrogens with zero attached hydrogens (tertiary/aromatic N) is 2. The molecular formula is C22H31N3O3S. The Hall–Kier alpha value is -1.73.